The highest BCUT2D eigenvalue weighted by Crippen LogP contribution is 2.17. The number of aromatic nitrogens is 2. The number of hydrogen-bond donors (Lipinski definition) is 1. The van der Waals surface area contributed by atoms with Crippen LogP contribution in [0.25, 0.3) is 5.69 Å². The molecule has 2 rings (SSSR count). The van der Waals surface area contributed by atoms with Gasteiger partial charge in [0, 0.05) is 12.4 Å². The largest absolute Gasteiger partial charge is 0.369 e. The van der Waals surface area contributed by atoms with Crippen LogP contribution in [0.1, 0.15) is 12.5 Å². The molecular weight excluding hydrogens is 174 g/mol. The molecule has 1 aromatic heterocycles. The Morgan fingerprint density at radius 3 is 2.79 bits per heavy atom. The maximum absolute atomic E-state index is 5.75. The molecule has 0 spiro atoms. The van der Waals surface area contributed by atoms with Crippen LogP contribution >= 0.6 is 0 Å². The molecule has 0 aliphatic carbocycles. The van der Waals surface area contributed by atoms with Crippen molar-refractivity contribution >= 4 is 5.95 Å². The van der Waals surface area contributed by atoms with Crippen LogP contribution in [0.5, 0.6) is 0 Å². The third-order valence-electron chi connectivity index (χ3n) is 2.30. The Balaban J connectivity index is 2.56. The lowest BCUT2D eigenvalue weighted by atomic mass is 10.1. The Bertz CT molecular complexity index is 432. The highest BCUT2D eigenvalue weighted by molar-refractivity contribution is 5.45. The van der Waals surface area contributed by atoms with Gasteiger partial charge >= 0.3 is 0 Å². The van der Waals surface area contributed by atoms with E-state index in [1.807, 2.05) is 22.9 Å². The van der Waals surface area contributed by atoms with Crippen LogP contribution in [0, 0.1) is 0 Å². The Kier molecular flexibility index (Phi) is 2.23. The van der Waals surface area contributed by atoms with Gasteiger partial charge in [0.15, 0.2) is 0 Å². The topological polar surface area (TPSA) is 43.8 Å². The minimum absolute atomic E-state index is 0.533. The first-order valence-electron chi connectivity index (χ1n) is 4.70. The number of anilines is 1. The summed E-state index contributed by atoms with van der Waals surface area (Å²) in [6.45, 7) is 2.13. The molecule has 0 radical (unpaired) electrons. The Morgan fingerprint density at radius 1 is 1.36 bits per heavy atom. The first-order valence-corrected chi connectivity index (χ1v) is 4.70. The second-order valence-electron chi connectivity index (χ2n) is 3.14. The summed E-state index contributed by atoms with van der Waals surface area (Å²) in [5.41, 5.74) is 8.14. The number of imidazole rings is 1. The molecule has 72 valence electrons. The first kappa shape index (κ1) is 8.81. The highest BCUT2D eigenvalue weighted by Gasteiger charge is 2.04. The molecule has 0 atom stereocenters. The summed E-state index contributed by atoms with van der Waals surface area (Å²) in [5, 5.41) is 0. The summed E-state index contributed by atoms with van der Waals surface area (Å²) in [6.07, 6.45) is 4.58. The van der Waals surface area contributed by atoms with Gasteiger partial charge < -0.3 is 5.73 Å². The van der Waals surface area contributed by atoms with Gasteiger partial charge in [-0.2, -0.15) is 0 Å². The van der Waals surface area contributed by atoms with Gasteiger partial charge in [-0.25, -0.2) is 4.98 Å². The molecule has 0 aliphatic rings. The minimum Gasteiger partial charge on any atom is -0.369 e. The van der Waals surface area contributed by atoms with Crippen LogP contribution < -0.4 is 5.73 Å². The monoisotopic (exact) mass is 187 g/mol. The van der Waals surface area contributed by atoms with Crippen molar-refractivity contribution in [2.24, 2.45) is 0 Å². The lowest BCUT2D eigenvalue weighted by molar-refractivity contribution is 1.02. The van der Waals surface area contributed by atoms with Gasteiger partial charge in [-0.15, -0.1) is 0 Å². The SMILES string of the molecule is CCc1ccccc1-n1ccnc1N. The average molecular weight is 187 g/mol. The van der Waals surface area contributed by atoms with Crippen LogP contribution in [-0.4, -0.2) is 9.55 Å². The van der Waals surface area contributed by atoms with Crippen molar-refractivity contribution in [3.63, 3.8) is 0 Å². The normalized spacial score (nSPS) is 10.4. The summed E-state index contributed by atoms with van der Waals surface area (Å²) in [5.74, 6) is 0.533. The summed E-state index contributed by atoms with van der Waals surface area (Å²) in [4.78, 5) is 4.01. The van der Waals surface area contributed by atoms with Crippen molar-refractivity contribution in [1.82, 2.24) is 9.55 Å². The van der Waals surface area contributed by atoms with E-state index in [2.05, 4.69) is 24.0 Å². The molecule has 1 aromatic carbocycles. The molecule has 0 fully saturated rings. The number of rotatable bonds is 2. The predicted octanol–water partition coefficient (Wildman–Crippen LogP) is 2.02. The van der Waals surface area contributed by atoms with E-state index in [4.69, 9.17) is 5.73 Å². The molecule has 0 bridgehead atoms. The quantitative estimate of drug-likeness (QED) is 0.781. The van der Waals surface area contributed by atoms with Gasteiger partial charge in [-0.05, 0) is 18.1 Å². The summed E-state index contributed by atoms with van der Waals surface area (Å²) in [7, 11) is 0. The number of para-hydroxylation sites is 1. The van der Waals surface area contributed by atoms with Crippen LogP contribution in [0.4, 0.5) is 5.95 Å². The van der Waals surface area contributed by atoms with Gasteiger partial charge in [-0.1, -0.05) is 25.1 Å². The molecule has 0 saturated carbocycles. The third-order valence-corrected chi connectivity index (χ3v) is 2.30. The second kappa shape index (κ2) is 3.54. The Morgan fingerprint density at radius 2 is 2.14 bits per heavy atom. The van der Waals surface area contributed by atoms with Crippen LogP contribution in [0.15, 0.2) is 36.7 Å². The minimum atomic E-state index is 0.533. The molecule has 14 heavy (non-hydrogen) atoms. The Labute approximate surface area is 83.2 Å². The van der Waals surface area contributed by atoms with Gasteiger partial charge in [0.05, 0.1) is 5.69 Å². The van der Waals surface area contributed by atoms with Gasteiger partial charge in [0.1, 0.15) is 0 Å². The highest BCUT2D eigenvalue weighted by atomic mass is 15.1. The Hall–Kier alpha value is -1.77. The van der Waals surface area contributed by atoms with Crippen molar-refractivity contribution < 1.29 is 0 Å². The molecule has 0 saturated heterocycles. The van der Waals surface area contributed by atoms with E-state index in [0.29, 0.717) is 5.95 Å². The maximum Gasteiger partial charge on any atom is 0.204 e. The zero-order valence-corrected chi connectivity index (χ0v) is 8.14. The zero-order valence-electron chi connectivity index (χ0n) is 8.14. The zero-order chi connectivity index (χ0) is 9.97. The van der Waals surface area contributed by atoms with Crippen molar-refractivity contribution in [1.29, 1.82) is 0 Å². The van der Waals surface area contributed by atoms with E-state index < -0.39 is 0 Å². The van der Waals surface area contributed by atoms with E-state index in [9.17, 15) is 0 Å². The standard InChI is InChI=1S/C11H13N3/c1-2-9-5-3-4-6-10(9)14-8-7-13-11(14)12/h3-8H,2H2,1H3,(H2,12,13). The van der Waals surface area contributed by atoms with Crippen molar-refractivity contribution in [2.45, 2.75) is 13.3 Å². The number of nitrogens with two attached hydrogens (primary N) is 1. The lowest BCUT2D eigenvalue weighted by Crippen LogP contribution is -2.02. The number of hydrogen-bond acceptors (Lipinski definition) is 2. The van der Waals surface area contributed by atoms with Crippen LogP contribution in [0.3, 0.4) is 0 Å². The van der Waals surface area contributed by atoms with Gasteiger partial charge in [0.25, 0.3) is 0 Å². The average Bonchev–Trinajstić information content (AvgIpc) is 2.64. The van der Waals surface area contributed by atoms with Crippen molar-refractivity contribution in [3.05, 3.63) is 42.2 Å². The number of nitrogen functional groups attached to an aromatic ring is 1. The molecule has 2 N–H and O–H groups in total. The fourth-order valence-electron chi connectivity index (χ4n) is 1.56. The smallest absolute Gasteiger partial charge is 0.204 e. The van der Waals surface area contributed by atoms with E-state index in [1.165, 1.54) is 5.56 Å². The molecular formula is C11H13N3. The number of aryl methyl sites for hydroxylation is 1. The van der Waals surface area contributed by atoms with Gasteiger partial charge in [-0.3, -0.25) is 4.57 Å². The van der Waals surface area contributed by atoms with Crippen molar-refractivity contribution in [3.8, 4) is 5.69 Å². The molecule has 0 amide bonds. The fraction of sp³-hybridized carbons (Fsp3) is 0.182. The molecule has 2 aromatic rings. The van der Waals surface area contributed by atoms with E-state index in [1.54, 1.807) is 6.20 Å². The van der Waals surface area contributed by atoms with E-state index in [-0.39, 0.29) is 0 Å². The maximum atomic E-state index is 5.75. The van der Waals surface area contributed by atoms with Crippen LogP contribution in [0.2, 0.25) is 0 Å². The predicted molar refractivity (Wildman–Crippen MR) is 57.4 cm³/mol. The molecule has 1 heterocycles. The van der Waals surface area contributed by atoms with Crippen molar-refractivity contribution in [2.75, 3.05) is 5.73 Å². The fourth-order valence-corrected chi connectivity index (χ4v) is 1.56. The summed E-state index contributed by atoms with van der Waals surface area (Å²) < 4.78 is 1.90. The molecule has 0 aliphatic heterocycles. The number of benzene rings is 1. The molecule has 0 unspecified atom stereocenters. The first-order chi connectivity index (χ1) is 6.83. The van der Waals surface area contributed by atoms with Gasteiger partial charge in [0.2, 0.25) is 5.95 Å². The molecule has 3 heteroatoms. The summed E-state index contributed by atoms with van der Waals surface area (Å²) in [6, 6.07) is 8.20. The van der Waals surface area contributed by atoms with Crippen LogP contribution in [-0.2, 0) is 6.42 Å². The lowest BCUT2D eigenvalue weighted by Gasteiger charge is -2.09. The second-order valence-corrected chi connectivity index (χ2v) is 3.14. The summed E-state index contributed by atoms with van der Waals surface area (Å²) >= 11 is 0. The number of nitrogens with zero attached hydrogens (tertiary/aromatic N) is 2. The van der Waals surface area contributed by atoms with E-state index >= 15 is 0 Å². The molecule has 3 nitrogen and oxygen atoms in total. The van der Waals surface area contributed by atoms with E-state index in [0.717, 1.165) is 12.1 Å². The third kappa shape index (κ3) is 1.37.